The quantitative estimate of drug-likeness (QED) is 0.811. The lowest BCUT2D eigenvalue weighted by Gasteiger charge is -2.07. The lowest BCUT2D eigenvalue weighted by Crippen LogP contribution is -2.19. The van der Waals surface area contributed by atoms with Gasteiger partial charge in [-0.3, -0.25) is 4.79 Å². The van der Waals surface area contributed by atoms with Gasteiger partial charge in [0.15, 0.2) is 0 Å². The molecule has 0 aliphatic heterocycles. The number of rotatable bonds is 3. The van der Waals surface area contributed by atoms with Gasteiger partial charge in [0.2, 0.25) is 0 Å². The van der Waals surface area contributed by atoms with Gasteiger partial charge in [-0.05, 0) is 42.5 Å². The molecule has 0 heterocycles. The Morgan fingerprint density at radius 2 is 1.55 bits per heavy atom. The minimum atomic E-state index is -0.661. The second kappa shape index (κ2) is 6.08. The number of hydrogen-bond donors (Lipinski definition) is 3. The van der Waals surface area contributed by atoms with Crippen molar-refractivity contribution < 1.29 is 9.59 Å². The van der Waals surface area contributed by atoms with Gasteiger partial charge < -0.3 is 16.4 Å². The molecule has 2 aromatic carbocycles. The smallest absolute Gasteiger partial charge is 0.316 e. The number of amides is 3. The predicted molar refractivity (Wildman–Crippen MR) is 79.1 cm³/mol. The van der Waals surface area contributed by atoms with E-state index in [1.54, 1.807) is 48.5 Å². The molecule has 0 saturated carbocycles. The predicted octanol–water partition coefficient (Wildman–Crippen LogP) is 3.08. The fraction of sp³-hybridized carbons (Fsp3) is 0. The number of primary amides is 1. The van der Waals surface area contributed by atoms with E-state index in [0.29, 0.717) is 22.0 Å². The largest absolute Gasteiger partial charge is 0.351 e. The molecule has 6 heteroatoms. The van der Waals surface area contributed by atoms with Crippen LogP contribution < -0.4 is 16.4 Å². The second-order valence-corrected chi connectivity index (χ2v) is 4.47. The highest BCUT2D eigenvalue weighted by atomic mass is 35.5. The highest BCUT2D eigenvalue weighted by Gasteiger charge is 2.06. The summed E-state index contributed by atoms with van der Waals surface area (Å²) >= 11 is 5.76. The van der Waals surface area contributed by atoms with Crippen LogP contribution in [0, 0.1) is 0 Å². The number of nitrogens with one attached hydrogen (secondary N) is 2. The Hall–Kier alpha value is -2.53. The van der Waals surface area contributed by atoms with Crippen LogP contribution in [0.3, 0.4) is 0 Å². The van der Waals surface area contributed by atoms with Crippen molar-refractivity contribution in [2.24, 2.45) is 5.73 Å². The van der Waals surface area contributed by atoms with Gasteiger partial charge in [-0.15, -0.1) is 0 Å². The second-order valence-electron chi connectivity index (χ2n) is 4.03. The van der Waals surface area contributed by atoms with E-state index in [0.717, 1.165) is 0 Å². The molecule has 20 heavy (non-hydrogen) atoms. The summed E-state index contributed by atoms with van der Waals surface area (Å²) in [5, 5.41) is 5.72. The van der Waals surface area contributed by atoms with Gasteiger partial charge in [0.1, 0.15) is 0 Å². The third kappa shape index (κ3) is 3.73. The number of carbonyl (C=O) groups excluding carboxylic acids is 2. The molecule has 102 valence electrons. The Labute approximate surface area is 120 Å². The van der Waals surface area contributed by atoms with Crippen LogP contribution >= 0.6 is 11.6 Å². The molecule has 0 spiro atoms. The number of hydrogen-bond acceptors (Lipinski definition) is 2. The highest BCUT2D eigenvalue weighted by molar-refractivity contribution is 6.30. The lowest BCUT2D eigenvalue weighted by molar-refractivity contribution is 0.102. The summed E-state index contributed by atoms with van der Waals surface area (Å²) in [6.07, 6.45) is 0. The van der Waals surface area contributed by atoms with Gasteiger partial charge in [0.25, 0.3) is 5.91 Å². The monoisotopic (exact) mass is 289 g/mol. The Morgan fingerprint density at radius 3 is 2.15 bits per heavy atom. The summed E-state index contributed by atoms with van der Waals surface area (Å²) in [5.41, 5.74) is 6.58. The van der Waals surface area contributed by atoms with E-state index in [9.17, 15) is 9.59 Å². The zero-order valence-corrected chi connectivity index (χ0v) is 11.1. The molecule has 4 N–H and O–H groups in total. The van der Waals surface area contributed by atoms with Crippen LogP contribution in [0.25, 0.3) is 0 Å². The molecule has 0 bridgehead atoms. The van der Waals surface area contributed by atoms with Gasteiger partial charge >= 0.3 is 6.03 Å². The van der Waals surface area contributed by atoms with Crippen molar-refractivity contribution in [3.05, 3.63) is 59.1 Å². The van der Waals surface area contributed by atoms with Crippen LogP contribution in [-0.2, 0) is 0 Å². The third-order valence-corrected chi connectivity index (χ3v) is 2.75. The van der Waals surface area contributed by atoms with Crippen molar-refractivity contribution in [3.8, 4) is 0 Å². The summed E-state index contributed by atoms with van der Waals surface area (Å²) in [6.45, 7) is 0. The van der Waals surface area contributed by atoms with Gasteiger partial charge in [0.05, 0.1) is 0 Å². The molecular formula is C14H12ClN3O2. The fourth-order valence-corrected chi connectivity index (χ4v) is 1.75. The van der Waals surface area contributed by atoms with Gasteiger partial charge in [-0.25, -0.2) is 4.79 Å². The normalized spacial score (nSPS) is 9.85. The number of halogens is 1. The number of urea groups is 1. The molecule has 0 saturated heterocycles. The van der Waals surface area contributed by atoms with Gasteiger partial charge in [-0.1, -0.05) is 17.7 Å². The molecule has 0 radical (unpaired) electrons. The first kappa shape index (κ1) is 13.9. The molecule has 0 atom stereocenters. The average Bonchev–Trinajstić information content (AvgIpc) is 2.39. The standard InChI is InChI=1S/C14H12ClN3O2/c15-10-6-4-9(5-7-10)13(19)17-11-2-1-3-12(8-11)18-14(16)20/h1-8H,(H,17,19)(H3,16,18,20). The van der Waals surface area contributed by atoms with Crippen molar-refractivity contribution in [2.45, 2.75) is 0 Å². The van der Waals surface area contributed by atoms with Crippen molar-refractivity contribution in [1.29, 1.82) is 0 Å². The summed E-state index contributed by atoms with van der Waals surface area (Å²) in [5.74, 6) is -0.266. The first-order valence-electron chi connectivity index (χ1n) is 5.78. The first-order chi connectivity index (χ1) is 9.54. The summed E-state index contributed by atoms with van der Waals surface area (Å²) in [7, 11) is 0. The molecule has 0 fully saturated rings. The third-order valence-electron chi connectivity index (χ3n) is 2.49. The Kier molecular flexibility index (Phi) is 4.22. The summed E-state index contributed by atoms with van der Waals surface area (Å²) in [4.78, 5) is 22.8. The van der Waals surface area contributed by atoms with E-state index in [2.05, 4.69) is 10.6 Å². The van der Waals surface area contributed by atoms with Crippen LogP contribution in [-0.4, -0.2) is 11.9 Å². The summed E-state index contributed by atoms with van der Waals surface area (Å²) in [6, 6.07) is 12.6. The number of anilines is 2. The maximum absolute atomic E-state index is 12.0. The van der Waals surface area contributed by atoms with Gasteiger partial charge in [0, 0.05) is 22.0 Å². The van der Waals surface area contributed by atoms with Crippen molar-refractivity contribution in [1.82, 2.24) is 0 Å². The van der Waals surface area contributed by atoms with Crippen LogP contribution in [0.5, 0.6) is 0 Å². The molecule has 0 aliphatic rings. The van der Waals surface area contributed by atoms with E-state index in [1.807, 2.05) is 0 Å². The molecule has 2 aromatic rings. The van der Waals surface area contributed by atoms with Crippen molar-refractivity contribution in [3.63, 3.8) is 0 Å². The average molecular weight is 290 g/mol. The highest BCUT2D eigenvalue weighted by Crippen LogP contribution is 2.16. The maximum Gasteiger partial charge on any atom is 0.316 e. The molecule has 5 nitrogen and oxygen atoms in total. The SMILES string of the molecule is NC(=O)Nc1cccc(NC(=O)c2ccc(Cl)cc2)c1. The van der Waals surface area contributed by atoms with Crippen molar-refractivity contribution >= 4 is 34.9 Å². The van der Waals surface area contributed by atoms with Crippen molar-refractivity contribution in [2.75, 3.05) is 10.6 Å². The molecular weight excluding hydrogens is 278 g/mol. The lowest BCUT2D eigenvalue weighted by atomic mass is 10.2. The number of carbonyl (C=O) groups is 2. The minimum absolute atomic E-state index is 0.266. The van der Waals surface area contributed by atoms with Crippen LogP contribution in [0.2, 0.25) is 5.02 Å². The van der Waals surface area contributed by atoms with E-state index >= 15 is 0 Å². The van der Waals surface area contributed by atoms with Crippen LogP contribution in [0.1, 0.15) is 10.4 Å². The van der Waals surface area contributed by atoms with Crippen LogP contribution in [0.15, 0.2) is 48.5 Å². The van der Waals surface area contributed by atoms with E-state index in [4.69, 9.17) is 17.3 Å². The molecule has 3 amide bonds. The zero-order chi connectivity index (χ0) is 14.5. The fourth-order valence-electron chi connectivity index (χ4n) is 1.62. The number of nitrogens with two attached hydrogens (primary N) is 1. The molecule has 0 aliphatic carbocycles. The number of benzene rings is 2. The maximum atomic E-state index is 12.0. The van der Waals surface area contributed by atoms with E-state index in [1.165, 1.54) is 0 Å². The topological polar surface area (TPSA) is 84.2 Å². The zero-order valence-electron chi connectivity index (χ0n) is 10.4. The molecule has 0 unspecified atom stereocenters. The first-order valence-corrected chi connectivity index (χ1v) is 6.16. The Bertz CT molecular complexity index is 641. The Morgan fingerprint density at radius 1 is 0.950 bits per heavy atom. The molecule has 0 aromatic heterocycles. The Balaban J connectivity index is 2.11. The summed E-state index contributed by atoms with van der Waals surface area (Å²) < 4.78 is 0. The van der Waals surface area contributed by atoms with Gasteiger partial charge in [-0.2, -0.15) is 0 Å². The minimum Gasteiger partial charge on any atom is -0.351 e. The van der Waals surface area contributed by atoms with E-state index < -0.39 is 6.03 Å². The van der Waals surface area contributed by atoms with Crippen LogP contribution in [0.4, 0.5) is 16.2 Å². The molecule has 2 rings (SSSR count). The van der Waals surface area contributed by atoms with E-state index in [-0.39, 0.29) is 5.91 Å².